The summed E-state index contributed by atoms with van der Waals surface area (Å²) in [7, 11) is 0. The van der Waals surface area contributed by atoms with E-state index in [0.717, 1.165) is 38.6 Å². The highest BCUT2D eigenvalue weighted by Crippen LogP contribution is 2.28. The van der Waals surface area contributed by atoms with Crippen molar-refractivity contribution in [3.8, 4) is 0 Å². The molecule has 2 rings (SSSR count). The van der Waals surface area contributed by atoms with Gasteiger partial charge < -0.3 is 15.4 Å². The smallest absolute Gasteiger partial charge is 0.329 e. The second-order valence-electron chi connectivity index (χ2n) is 8.34. The van der Waals surface area contributed by atoms with E-state index < -0.39 is 11.6 Å². The first kappa shape index (κ1) is 19.2. The fourth-order valence-corrected chi connectivity index (χ4v) is 3.69. The zero-order valence-electron chi connectivity index (χ0n) is 15.5. The van der Waals surface area contributed by atoms with Gasteiger partial charge in [0.2, 0.25) is 5.91 Å². The van der Waals surface area contributed by atoms with E-state index >= 15 is 0 Å². The largest absolute Gasteiger partial charge is 0.458 e. The van der Waals surface area contributed by atoms with Crippen LogP contribution in [-0.2, 0) is 14.3 Å². The quantitative estimate of drug-likeness (QED) is 0.756. The molecule has 2 fully saturated rings. The summed E-state index contributed by atoms with van der Waals surface area (Å²) >= 11 is 0. The zero-order chi connectivity index (χ0) is 17.6. The Hall–Kier alpha value is -1.10. The van der Waals surface area contributed by atoms with Crippen LogP contribution in [0.15, 0.2) is 0 Å². The number of hydrogen-bond acceptors (Lipinski definition) is 4. The molecule has 1 saturated carbocycles. The Balaban J connectivity index is 1.97. The minimum atomic E-state index is -0.532. The highest BCUT2D eigenvalue weighted by molar-refractivity contribution is 5.87. The van der Waals surface area contributed by atoms with E-state index in [4.69, 9.17) is 4.74 Å². The van der Waals surface area contributed by atoms with Gasteiger partial charge in [-0.3, -0.25) is 4.79 Å². The predicted octanol–water partition coefficient (Wildman–Crippen LogP) is 2.93. The van der Waals surface area contributed by atoms with Gasteiger partial charge in [0.25, 0.3) is 0 Å². The molecule has 1 amide bonds. The Morgan fingerprint density at radius 1 is 1.08 bits per heavy atom. The predicted molar refractivity (Wildman–Crippen MR) is 94.6 cm³/mol. The first-order valence-electron chi connectivity index (χ1n) is 9.62. The summed E-state index contributed by atoms with van der Waals surface area (Å²) in [6.07, 6.45) is 9.75. The van der Waals surface area contributed by atoms with Crippen LogP contribution in [-0.4, -0.2) is 36.1 Å². The summed E-state index contributed by atoms with van der Waals surface area (Å²) in [5, 5.41) is 6.23. The van der Waals surface area contributed by atoms with Gasteiger partial charge in [-0.2, -0.15) is 0 Å². The van der Waals surface area contributed by atoms with Crippen LogP contribution in [0.1, 0.15) is 78.6 Å². The normalized spacial score (nSPS) is 24.2. The molecule has 24 heavy (non-hydrogen) atoms. The lowest BCUT2D eigenvalue weighted by atomic mass is 9.84. The second-order valence-corrected chi connectivity index (χ2v) is 8.34. The third kappa shape index (κ3) is 6.42. The minimum Gasteiger partial charge on any atom is -0.458 e. The highest BCUT2D eigenvalue weighted by atomic mass is 16.6. The molecule has 1 aliphatic carbocycles. The molecule has 0 spiro atoms. The zero-order valence-corrected chi connectivity index (χ0v) is 15.5. The summed E-state index contributed by atoms with van der Waals surface area (Å²) in [6.45, 7) is 6.48. The van der Waals surface area contributed by atoms with E-state index in [-0.39, 0.29) is 17.9 Å². The van der Waals surface area contributed by atoms with E-state index in [2.05, 4.69) is 10.6 Å². The van der Waals surface area contributed by atoms with Gasteiger partial charge in [-0.1, -0.05) is 38.5 Å². The van der Waals surface area contributed by atoms with Gasteiger partial charge in [-0.25, -0.2) is 4.79 Å². The topological polar surface area (TPSA) is 67.4 Å². The van der Waals surface area contributed by atoms with Crippen molar-refractivity contribution in [1.29, 1.82) is 0 Å². The molecule has 5 nitrogen and oxygen atoms in total. The van der Waals surface area contributed by atoms with Crippen LogP contribution in [0.25, 0.3) is 0 Å². The lowest BCUT2D eigenvalue weighted by Crippen LogP contribution is -2.53. The van der Waals surface area contributed by atoms with Crippen molar-refractivity contribution in [1.82, 2.24) is 10.6 Å². The van der Waals surface area contributed by atoms with Gasteiger partial charge in [0, 0.05) is 0 Å². The average molecular weight is 338 g/mol. The summed E-state index contributed by atoms with van der Waals surface area (Å²) in [5.41, 5.74) is -0.532. The van der Waals surface area contributed by atoms with Crippen LogP contribution in [0.3, 0.4) is 0 Å². The third-order valence-corrected chi connectivity index (χ3v) is 4.93. The first-order valence-corrected chi connectivity index (χ1v) is 9.62. The Kier molecular flexibility index (Phi) is 7.08. The number of esters is 1. The molecule has 1 heterocycles. The van der Waals surface area contributed by atoms with Crippen LogP contribution in [0.2, 0.25) is 0 Å². The van der Waals surface area contributed by atoms with Crippen molar-refractivity contribution < 1.29 is 14.3 Å². The number of carbonyl (C=O) groups is 2. The maximum atomic E-state index is 12.6. The maximum Gasteiger partial charge on any atom is 0.329 e. The van der Waals surface area contributed by atoms with Crippen molar-refractivity contribution in [3.05, 3.63) is 0 Å². The molecular formula is C19H34N2O3. The molecule has 5 heteroatoms. The van der Waals surface area contributed by atoms with E-state index in [1.165, 1.54) is 19.3 Å². The van der Waals surface area contributed by atoms with E-state index in [1.807, 2.05) is 20.8 Å². The molecule has 1 aliphatic heterocycles. The SMILES string of the molecule is CC(C)(C)OC(=O)[C@H](CC1CCCCC1)NC(=O)[C@@H]1CCCCN1. The molecule has 0 aromatic rings. The van der Waals surface area contributed by atoms with Crippen molar-refractivity contribution in [3.63, 3.8) is 0 Å². The number of hydrogen-bond donors (Lipinski definition) is 2. The highest BCUT2D eigenvalue weighted by Gasteiger charge is 2.32. The fraction of sp³-hybridized carbons (Fsp3) is 0.895. The van der Waals surface area contributed by atoms with Crippen LogP contribution in [0.4, 0.5) is 0 Å². The number of nitrogens with one attached hydrogen (secondary N) is 2. The van der Waals surface area contributed by atoms with Gasteiger partial charge in [-0.05, 0) is 52.5 Å². The molecule has 0 aromatic heterocycles. The molecule has 0 radical (unpaired) electrons. The van der Waals surface area contributed by atoms with Gasteiger partial charge in [0.15, 0.2) is 0 Å². The summed E-state index contributed by atoms with van der Waals surface area (Å²) in [6, 6.07) is -0.696. The Labute approximate surface area is 146 Å². The van der Waals surface area contributed by atoms with Gasteiger partial charge in [-0.15, -0.1) is 0 Å². The molecule has 0 aromatic carbocycles. The summed E-state index contributed by atoms with van der Waals surface area (Å²) in [4.78, 5) is 25.1. The molecule has 2 N–H and O–H groups in total. The average Bonchev–Trinajstić information content (AvgIpc) is 2.54. The summed E-state index contributed by atoms with van der Waals surface area (Å²) in [5.74, 6) is 0.162. The van der Waals surface area contributed by atoms with Gasteiger partial charge in [0.05, 0.1) is 6.04 Å². The van der Waals surface area contributed by atoms with Crippen molar-refractivity contribution in [2.24, 2.45) is 5.92 Å². The molecular weight excluding hydrogens is 304 g/mol. The number of piperidine rings is 1. The second kappa shape index (κ2) is 8.84. The number of carbonyl (C=O) groups excluding carboxylic acids is 2. The standard InChI is InChI=1S/C19H34N2O3/c1-19(2,3)24-18(23)16(13-14-9-5-4-6-10-14)21-17(22)15-11-7-8-12-20-15/h14-16,20H,4-13H2,1-3H3,(H,21,22)/t15-,16-/m0/s1. The van der Waals surface area contributed by atoms with E-state index in [9.17, 15) is 9.59 Å². The van der Waals surface area contributed by atoms with Crippen LogP contribution in [0.5, 0.6) is 0 Å². The lowest BCUT2D eigenvalue weighted by Gasteiger charge is -2.30. The monoisotopic (exact) mass is 338 g/mol. The molecule has 138 valence electrons. The van der Waals surface area contributed by atoms with Crippen molar-refractivity contribution in [2.75, 3.05) is 6.54 Å². The first-order chi connectivity index (χ1) is 11.3. The molecule has 2 aliphatic rings. The number of ether oxygens (including phenoxy) is 1. The Morgan fingerprint density at radius 2 is 1.75 bits per heavy atom. The third-order valence-electron chi connectivity index (χ3n) is 4.93. The molecule has 2 atom stereocenters. The molecule has 0 bridgehead atoms. The van der Waals surface area contributed by atoms with Crippen molar-refractivity contribution >= 4 is 11.9 Å². The number of amides is 1. The molecule has 0 unspecified atom stereocenters. The number of rotatable bonds is 5. The lowest BCUT2D eigenvalue weighted by molar-refractivity contribution is -0.159. The van der Waals surface area contributed by atoms with E-state index in [0.29, 0.717) is 12.3 Å². The van der Waals surface area contributed by atoms with Crippen LogP contribution >= 0.6 is 0 Å². The van der Waals surface area contributed by atoms with E-state index in [1.54, 1.807) is 0 Å². The van der Waals surface area contributed by atoms with Gasteiger partial charge >= 0.3 is 5.97 Å². The fourth-order valence-electron chi connectivity index (χ4n) is 3.69. The minimum absolute atomic E-state index is 0.0543. The van der Waals surface area contributed by atoms with Crippen LogP contribution < -0.4 is 10.6 Å². The maximum absolute atomic E-state index is 12.6. The van der Waals surface area contributed by atoms with Crippen molar-refractivity contribution in [2.45, 2.75) is 96.2 Å². The Bertz CT molecular complexity index is 419. The Morgan fingerprint density at radius 3 is 2.33 bits per heavy atom. The van der Waals surface area contributed by atoms with Gasteiger partial charge in [0.1, 0.15) is 11.6 Å². The van der Waals surface area contributed by atoms with Crippen LogP contribution in [0, 0.1) is 5.92 Å². The summed E-state index contributed by atoms with van der Waals surface area (Å²) < 4.78 is 5.56. The molecule has 1 saturated heterocycles.